The van der Waals surface area contributed by atoms with E-state index in [0.717, 1.165) is 11.8 Å². The van der Waals surface area contributed by atoms with Gasteiger partial charge in [-0.1, -0.05) is 11.8 Å². The predicted octanol–water partition coefficient (Wildman–Crippen LogP) is 1.80. The van der Waals surface area contributed by atoms with Crippen LogP contribution in [0.5, 0.6) is 5.75 Å². The molecule has 0 spiro atoms. The van der Waals surface area contributed by atoms with Gasteiger partial charge in [0.05, 0.1) is 12.9 Å². The molecule has 0 saturated heterocycles. The fourth-order valence-corrected chi connectivity index (χ4v) is 1.91. The third-order valence-electron chi connectivity index (χ3n) is 2.22. The van der Waals surface area contributed by atoms with Crippen molar-refractivity contribution in [2.45, 2.75) is 5.16 Å². The summed E-state index contributed by atoms with van der Waals surface area (Å²) in [5, 5.41) is 16.6. The van der Waals surface area contributed by atoms with Crippen LogP contribution in [-0.4, -0.2) is 39.1 Å². The van der Waals surface area contributed by atoms with Gasteiger partial charge in [-0.3, -0.25) is 4.79 Å². The van der Waals surface area contributed by atoms with Crippen LogP contribution in [0.25, 0.3) is 11.4 Å². The number of methoxy groups -OCH3 is 1. The van der Waals surface area contributed by atoms with E-state index in [1.807, 2.05) is 0 Å². The van der Waals surface area contributed by atoms with E-state index in [9.17, 15) is 9.18 Å². The number of hydrogen-bond donors (Lipinski definition) is 2. The third kappa shape index (κ3) is 3.22. The van der Waals surface area contributed by atoms with Gasteiger partial charge in [0, 0.05) is 5.56 Å². The number of carboxylic acid groups (broad SMARTS) is 1. The zero-order valence-electron chi connectivity index (χ0n) is 9.88. The second-order valence-electron chi connectivity index (χ2n) is 3.51. The van der Waals surface area contributed by atoms with Gasteiger partial charge in [0.2, 0.25) is 0 Å². The summed E-state index contributed by atoms with van der Waals surface area (Å²) in [6.45, 7) is 0. The second-order valence-corrected chi connectivity index (χ2v) is 4.47. The Kier molecular flexibility index (Phi) is 4.00. The zero-order chi connectivity index (χ0) is 13.8. The van der Waals surface area contributed by atoms with Gasteiger partial charge in [-0.25, -0.2) is 4.39 Å². The van der Waals surface area contributed by atoms with Crippen molar-refractivity contribution in [3.05, 3.63) is 24.0 Å². The number of carbonyl (C=O) groups is 1. The van der Waals surface area contributed by atoms with E-state index >= 15 is 0 Å². The van der Waals surface area contributed by atoms with Gasteiger partial charge in [0.1, 0.15) is 0 Å². The van der Waals surface area contributed by atoms with Crippen LogP contribution in [0.2, 0.25) is 0 Å². The van der Waals surface area contributed by atoms with E-state index in [-0.39, 0.29) is 11.5 Å². The lowest BCUT2D eigenvalue weighted by Crippen LogP contribution is -1.97. The molecule has 0 atom stereocenters. The Bertz CT molecular complexity index is 603. The number of aromatic amines is 1. The molecule has 2 rings (SSSR count). The first-order valence-electron chi connectivity index (χ1n) is 5.21. The van der Waals surface area contributed by atoms with Gasteiger partial charge < -0.3 is 14.8 Å². The van der Waals surface area contributed by atoms with E-state index in [0.29, 0.717) is 16.5 Å². The van der Waals surface area contributed by atoms with Crippen LogP contribution >= 0.6 is 11.8 Å². The Balaban J connectivity index is 2.20. The molecular formula is C11H10FN3O3S. The minimum atomic E-state index is -0.939. The van der Waals surface area contributed by atoms with E-state index in [4.69, 9.17) is 9.84 Å². The summed E-state index contributed by atoms with van der Waals surface area (Å²) < 4.78 is 18.1. The fourth-order valence-electron chi connectivity index (χ4n) is 1.38. The second kappa shape index (κ2) is 5.70. The number of nitrogens with zero attached hydrogens (tertiary/aromatic N) is 2. The quantitative estimate of drug-likeness (QED) is 0.813. The van der Waals surface area contributed by atoms with Crippen LogP contribution in [0, 0.1) is 5.82 Å². The molecule has 1 aromatic heterocycles. The van der Waals surface area contributed by atoms with Gasteiger partial charge in [0.25, 0.3) is 0 Å². The van der Waals surface area contributed by atoms with Crippen molar-refractivity contribution in [3.63, 3.8) is 0 Å². The summed E-state index contributed by atoms with van der Waals surface area (Å²) in [7, 11) is 1.37. The molecule has 1 aromatic carbocycles. The van der Waals surface area contributed by atoms with Crippen molar-refractivity contribution in [2.24, 2.45) is 0 Å². The van der Waals surface area contributed by atoms with Gasteiger partial charge in [-0.15, -0.1) is 10.2 Å². The van der Waals surface area contributed by atoms with Crippen LogP contribution in [0.3, 0.4) is 0 Å². The molecule has 0 aliphatic heterocycles. The first kappa shape index (κ1) is 13.3. The molecular weight excluding hydrogens is 273 g/mol. The van der Waals surface area contributed by atoms with Crippen molar-refractivity contribution < 1.29 is 19.0 Å². The highest BCUT2D eigenvalue weighted by atomic mass is 32.2. The van der Waals surface area contributed by atoms with Crippen molar-refractivity contribution in [1.29, 1.82) is 0 Å². The number of halogens is 1. The number of thioether (sulfide) groups is 1. The Morgan fingerprint density at radius 3 is 3.00 bits per heavy atom. The molecule has 0 saturated carbocycles. The maximum atomic E-state index is 13.3. The summed E-state index contributed by atoms with van der Waals surface area (Å²) in [4.78, 5) is 13.3. The van der Waals surface area contributed by atoms with E-state index in [1.54, 1.807) is 0 Å². The largest absolute Gasteiger partial charge is 0.494 e. The predicted molar refractivity (Wildman–Crippen MR) is 66.7 cm³/mol. The molecule has 1 heterocycles. The lowest BCUT2D eigenvalue weighted by Gasteiger charge is -2.03. The van der Waals surface area contributed by atoms with Gasteiger partial charge in [0.15, 0.2) is 22.5 Å². The number of nitrogens with one attached hydrogen (secondary N) is 1. The maximum Gasteiger partial charge on any atom is 0.313 e. The average Bonchev–Trinajstić information content (AvgIpc) is 2.86. The lowest BCUT2D eigenvalue weighted by molar-refractivity contribution is -0.133. The summed E-state index contributed by atoms with van der Waals surface area (Å²) >= 11 is 1.02. The molecule has 2 N–H and O–H groups in total. The summed E-state index contributed by atoms with van der Waals surface area (Å²) in [5.41, 5.74) is 0.605. The van der Waals surface area contributed by atoms with Gasteiger partial charge in [-0.2, -0.15) is 0 Å². The average molecular weight is 283 g/mol. The van der Waals surface area contributed by atoms with E-state index < -0.39 is 11.8 Å². The SMILES string of the molecule is COc1cc(-c2nnc(SCC(=O)O)[nH]2)ccc1F. The zero-order valence-corrected chi connectivity index (χ0v) is 10.7. The van der Waals surface area contributed by atoms with E-state index in [2.05, 4.69) is 15.2 Å². The first-order chi connectivity index (χ1) is 9.10. The lowest BCUT2D eigenvalue weighted by atomic mass is 10.2. The Morgan fingerprint density at radius 1 is 1.53 bits per heavy atom. The highest BCUT2D eigenvalue weighted by molar-refractivity contribution is 7.99. The molecule has 100 valence electrons. The molecule has 0 amide bonds. The van der Waals surface area contributed by atoms with Crippen LogP contribution < -0.4 is 4.74 Å². The Hall–Kier alpha value is -2.09. The third-order valence-corrected chi connectivity index (χ3v) is 3.07. The summed E-state index contributed by atoms with van der Waals surface area (Å²) in [5.74, 6) is -0.987. The van der Waals surface area contributed by atoms with Crippen molar-refractivity contribution in [1.82, 2.24) is 15.2 Å². The number of aromatic nitrogens is 3. The molecule has 2 aromatic rings. The number of carboxylic acids is 1. The summed E-state index contributed by atoms with van der Waals surface area (Å²) in [6.07, 6.45) is 0. The van der Waals surface area contributed by atoms with Crippen molar-refractivity contribution >= 4 is 17.7 Å². The van der Waals surface area contributed by atoms with E-state index in [1.165, 1.54) is 25.3 Å². The number of H-pyrrole nitrogens is 1. The summed E-state index contributed by atoms with van der Waals surface area (Å²) in [6, 6.07) is 4.28. The van der Waals surface area contributed by atoms with Crippen LogP contribution in [-0.2, 0) is 4.79 Å². The smallest absolute Gasteiger partial charge is 0.313 e. The standard InChI is InChI=1S/C11H10FN3O3S/c1-18-8-4-6(2-3-7(8)12)10-13-11(15-14-10)19-5-9(16)17/h2-4H,5H2,1H3,(H,16,17)(H,13,14,15). The van der Waals surface area contributed by atoms with Crippen LogP contribution in [0.4, 0.5) is 4.39 Å². The van der Waals surface area contributed by atoms with Crippen molar-refractivity contribution in [3.8, 4) is 17.1 Å². The van der Waals surface area contributed by atoms with Gasteiger partial charge >= 0.3 is 5.97 Å². The van der Waals surface area contributed by atoms with Gasteiger partial charge in [-0.05, 0) is 18.2 Å². The van der Waals surface area contributed by atoms with Crippen LogP contribution in [0.15, 0.2) is 23.4 Å². The molecule has 0 fully saturated rings. The minimum Gasteiger partial charge on any atom is -0.494 e. The molecule has 0 unspecified atom stereocenters. The highest BCUT2D eigenvalue weighted by Crippen LogP contribution is 2.25. The topological polar surface area (TPSA) is 88.1 Å². The molecule has 8 heteroatoms. The normalized spacial score (nSPS) is 10.4. The fraction of sp³-hybridized carbons (Fsp3) is 0.182. The van der Waals surface area contributed by atoms with Crippen molar-refractivity contribution in [2.75, 3.05) is 12.9 Å². The molecule has 0 radical (unpaired) electrons. The molecule has 0 aliphatic rings. The molecule has 0 bridgehead atoms. The Morgan fingerprint density at radius 2 is 2.32 bits per heavy atom. The number of rotatable bonds is 5. The molecule has 0 aliphatic carbocycles. The molecule has 19 heavy (non-hydrogen) atoms. The maximum absolute atomic E-state index is 13.3. The monoisotopic (exact) mass is 283 g/mol. The van der Waals surface area contributed by atoms with Crippen LogP contribution in [0.1, 0.15) is 0 Å². The minimum absolute atomic E-state index is 0.105. The Labute approximate surface area is 112 Å². The molecule has 6 nitrogen and oxygen atoms in total. The number of aliphatic carboxylic acids is 1. The number of hydrogen-bond acceptors (Lipinski definition) is 5. The highest BCUT2D eigenvalue weighted by Gasteiger charge is 2.10. The number of ether oxygens (including phenoxy) is 1. The number of benzene rings is 1. The first-order valence-corrected chi connectivity index (χ1v) is 6.20.